The van der Waals surface area contributed by atoms with E-state index in [1.54, 1.807) is 43.3 Å². The van der Waals surface area contributed by atoms with Gasteiger partial charge in [-0.05, 0) is 49.7 Å². The molecule has 0 bridgehead atoms. The third-order valence-electron chi connectivity index (χ3n) is 3.93. The van der Waals surface area contributed by atoms with Gasteiger partial charge in [-0.3, -0.25) is 4.72 Å². The van der Waals surface area contributed by atoms with Crippen LogP contribution in [0.25, 0.3) is 0 Å². The lowest BCUT2D eigenvalue weighted by molar-refractivity contribution is 0.600. The highest BCUT2D eigenvalue weighted by Gasteiger charge is 2.17. The molecular formula is C19H20N4O2S. The second kappa shape index (κ2) is 7.53. The molecule has 1 N–H and O–H groups in total. The van der Waals surface area contributed by atoms with Crippen LogP contribution in [0.4, 0.5) is 17.3 Å². The van der Waals surface area contributed by atoms with Crippen molar-refractivity contribution in [3.63, 3.8) is 0 Å². The highest BCUT2D eigenvalue weighted by molar-refractivity contribution is 7.92. The summed E-state index contributed by atoms with van der Waals surface area (Å²) in [6.07, 6.45) is 0. The third-order valence-corrected chi connectivity index (χ3v) is 5.45. The molecule has 0 aliphatic heterocycles. The minimum atomic E-state index is -3.70. The summed E-state index contributed by atoms with van der Waals surface area (Å²) >= 11 is 0. The standard InChI is InChI=1S/C19H20N4O2S/c1-3-23(16-10-5-4-6-11-16)19-14-13-18(20-21-19)22-26(24,25)17-12-8-7-9-15(17)2/h4-14H,3H2,1-2H3,(H,20,22). The Kier molecular flexibility index (Phi) is 5.18. The molecule has 134 valence electrons. The normalized spacial score (nSPS) is 11.2. The molecule has 0 fully saturated rings. The van der Waals surface area contributed by atoms with Crippen LogP contribution < -0.4 is 9.62 Å². The van der Waals surface area contributed by atoms with E-state index in [0.717, 1.165) is 5.69 Å². The van der Waals surface area contributed by atoms with E-state index in [-0.39, 0.29) is 10.7 Å². The zero-order chi connectivity index (χ0) is 18.6. The van der Waals surface area contributed by atoms with Crippen LogP contribution in [0.2, 0.25) is 0 Å². The van der Waals surface area contributed by atoms with Crippen molar-refractivity contribution in [1.82, 2.24) is 10.2 Å². The Balaban J connectivity index is 1.83. The summed E-state index contributed by atoms with van der Waals surface area (Å²) in [7, 11) is -3.70. The number of anilines is 3. The molecule has 3 aromatic rings. The minimum absolute atomic E-state index is 0.182. The number of nitrogens with zero attached hydrogens (tertiary/aromatic N) is 3. The molecule has 1 heterocycles. The van der Waals surface area contributed by atoms with E-state index >= 15 is 0 Å². The Morgan fingerprint density at radius 3 is 2.23 bits per heavy atom. The first-order valence-corrected chi connectivity index (χ1v) is 9.74. The van der Waals surface area contributed by atoms with Crippen LogP contribution in [0.3, 0.4) is 0 Å². The molecule has 0 radical (unpaired) electrons. The van der Waals surface area contributed by atoms with Gasteiger partial charge in [-0.1, -0.05) is 36.4 Å². The first-order valence-electron chi connectivity index (χ1n) is 8.26. The molecule has 0 saturated heterocycles. The predicted octanol–water partition coefficient (Wildman–Crippen LogP) is 3.74. The quantitative estimate of drug-likeness (QED) is 0.717. The van der Waals surface area contributed by atoms with E-state index in [4.69, 9.17) is 0 Å². The maximum absolute atomic E-state index is 12.5. The Labute approximate surface area is 153 Å². The van der Waals surface area contributed by atoms with Gasteiger partial charge < -0.3 is 4.90 Å². The molecular weight excluding hydrogens is 348 g/mol. The number of hydrogen-bond donors (Lipinski definition) is 1. The van der Waals surface area contributed by atoms with Crippen LogP contribution >= 0.6 is 0 Å². The largest absolute Gasteiger partial charge is 0.325 e. The zero-order valence-corrected chi connectivity index (χ0v) is 15.4. The van der Waals surface area contributed by atoms with Gasteiger partial charge in [0, 0.05) is 12.2 Å². The van der Waals surface area contributed by atoms with Crippen molar-refractivity contribution in [2.75, 3.05) is 16.2 Å². The lowest BCUT2D eigenvalue weighted by atomic mass is 10.2. The molecule has 0 amide bonds. The first kappa shape index (κ1) is 17.9. The maximum Gasteiger partial charge on any atom is 0.263 e. The molecule has 0 aliphatic rings. The van der Waals surface area contributed by atoms with Crippen LogP contribution in [-0.4, -0.2) is 25.2 Å². The van der Waals surface area contributed by atoms with Gasteiger partial charge in [0.25, 0.3) is 10.0 Å². The van der Waals surface area contributed by atoms with Crippen LogP contribution in [0.5, 0.6) is 0 Å². The maximum atomic E-state index is 12.5. The van der Waals surface area contributed by atoms with Crippen LogP contribution in [0, 0.1) is 6.92 Å². The SMILES string of the molecule is CCN(c1ccccc1)c1ccc(NS(=O)(=O)c2ccccc2C)nn1. The van der Waals surface area contributed by atoms with Gasteiger partial charge in [0.15, 0.2) is 11.6 Å². The topological polar surface area (TPSA) is 75.2 Å². The molecule has 3 rings (SSSR count). The number of benzene rings is 2. The van der Waals surface area contributed by atoms with Crippen molar-refractivity contribution in [3.8, 4) is 0 Å². The number of hydrogen-bond acceptors (Lipinski definition) is 5. The summed E-state index contributed by atoms with van der Waals surface area (Å²) in [4.78, 5) is 2.22. The van der Waals surface area contributed by atoms with E-state index in [1.807, 2.05) is 42.2 Å². The van der Waals surface area contributed by atoms with E-state index in [9.17, 15) is 8.42 Å². The molecule has 0 atom stereocenters. The summed E-state index contributed by atoms with van der Waals surface area (Å²) in [5, 5.41) is 8.21. The number of sulfonamides is 1. The van der Waals surface area contributed by atoms with Crippen molar-refractivity contribution < 1.29 is 8.42 Å². The highest BCUT2D eigenvalue weighted by Crippen LogP contribution is 2.23. The van der Waals surface area contributed by atoms with E-state index in [1.165, 1.54) is 0 Å². The fourth-order valence-corrected chi connectivity index (χ4v) is 3.90. The van der Waals surface area contributed by atoms with Crippen molar-refractivity contribution in [2.45, 2.75) is 18.7 Å². The Morgan fingerprint density at radius 2 is 1.62 bits per heavy atom. The summed E-state index contributed by atoms with van der Waals surface area (Å²) in [5.41, 5.74) is 1.67. The molecule has 6 nitrogen and oxygen atoms in total. The van der Waals surface area contributed by atoms with Gasteiger partial charge in [0.1, 0.15) is 0 Å². The summed E-state index contributed by atoms with van der Waals surface area (Å²) < 4.78 is 27.5. The van der Waals surface area contributed by atoms with Crippen LogP contribution in [0.15, 0.2) is 71.6 Å². The average Bonchev–Trinajstić information content (AvgIpc) is 2.64. The van der Waals surface area contributed by atoms with E-state index in [0.29, 0.717) is 17.9 Å². The summed E-state index contributed by atoms with van der Waals surface area (Å²) in [6.45, 7) is 4.48. The number of aromatic nitrogens is 2. The van der Waals surface area contributed by atoms with Gasteiger partial charge in [-0.25, -0.2) is 8.42 Å². The molecule has 0 saturated carbocycles. The average molecular weight is 368 g/mol. The van der Waals surface area contributed by atoms with E-state index < -0.39 is 10.0 Å². The molecule has 26 heavy (non-hydrogen) atoms. The molecule has 0 unspecified atom stereocenters. The minimum Gasteiger partial charge on any atom is -0.325 e. The van der Waals surface area contributed by atoms with Gasteiger partial charge in [-0.15, -0.1) is 10.2 Å². The molecule has 0 spiro atoms. The van der Waals surface area contributed by atoms with Gasteiger partial charge in [0.2, 0.25) is 0 Å². The van der Waals surface area contributed by atoms with Gasteiger partial charge in [0.05, 0.1) is 4.90 Å². The summed E-state index contributed by atoms with van der Waals surface area (Å²) in [6, 6.07) is 20.0. The monoisotopic (exact) mass is 368 g/mol. The Bertz CT molecular complexity index is 974. The molecule has 1 aromatic heterocycles. The fraction of sp³-hybridized carbons (Fsp3) is 0.158. The number of rotatable bonds is 6. The fourth-order valence-electron chi connectivity index (χ4n) is 2.66. The number of aryl methyl sites for hydroxylation is 1. The lowest BCUT2D eigenvalue weighted by Crippen LogP contribution is -2.19. The lowest BCUT2D eigenvalue weighted by Gasteiger charge is -2.21. The Morgan fingerprint density at radius 1 is 0.923 bits per heavy atom. The first-order chi connectivity index (χ1) is 12.5. The second-order valence-corrected chi connectivity index (χ2v) is 7.38. The van der Waals surface area contributed by atoms with Crippen molar-refractivity contribution in [1.29, 1.82) is 0 Å². The smallest absolute Gasteiger partial charge is 0.263 e. The molecule has 7 heteroatoms. The zero-order valence-electron chi connectivity index (χ0n) is 14.6. The molecule has 2 aromatic carbocycles. The van der Waals surface area contributed by atoms with Crippen LogP contribution in [-0.2, 0) is 10.0 Å². The molecule has 0 aliphatic carbocycles. The second-order valence-electron chi connectivity index (χ2n) is 5.73. The Hall–Kier alpha value is -2.93. The van der Waals surface area contributed by atoms with Crippen LogP contribution in [0.1, 0.15) is 12.5 Å². The van der Waals surface area contributed by atoms with Crippen molar-refractivity contribution in [2.24, 2.45) is 0 Å². The van der Waals surface area contributed by atoms with Gasteiger partial charge >= 0.3 is 0 Å². The number of nitrogens with one attached hydrogen (secondary N) is 1. The predicted molar refractivity (Wildman–Crippen MR) is 103 cm³/mol. The van der Waals surface area contributed by atoms with Crippen molar-refractivity contribution in [3.05, 3.63) is 72.3 Å². The highest BCUT2D eigenvalue weighted by atomic mass is 32.2. The van der Waals surface area contributed by atoms with Crippen molar-refractivity contribution >= 4 is 27.3 Å². The number of para-hydroxylation sites is 1. The van der Waals surface area contributed by atoms with E-state index in [2.05, 4.69) is 14.9 Å². The third kappa shape index (κ3) is 3.83. The summed E-state index contributed by atoms with van der Waals surface area (Å²) in [5.74, 6) is 0.832. The van der Waals surface area contributed by atoms with Gasteiger partial charge in [-0.2, -0.15) is 0 Å².